The quantitative estimate of drug-likeness (QED) is 0.834. The Labute approximate surface area is 107 Å². The first-order valence-corrected chi connectivity index (χ1v) is 6.30. The number of nitrogens with zero attached hydrogens (tertiary/aromatic N) is 1. The Morgan fingerprint density at radius 1 is 1.44 bits per heavy atom. The first kappa shape index (κ1) is 12.7. The van der Waals surface area contributed by atoms with Crippen molar-refractivity contribution in [3.8, 4) is 5.75 Å². The fraction of sp³-hybridized carbons (Fsp3) is 0.500. The van der Waals surface area contributed by atoms with Crippen molar-refractivity contribution in [2.45, 2.75) is 19.3 Å². The molecule has 0 aliphatic carbocycles. The molecule has 1 aromatic rings. The van der Waals surface area contributed by atoms with Crippen LogP contribution < -0.4 is 4.90 Å². The Morgan fingerprint density at radius 2 is 2.17 bits per heavy atom. The molecule has 1 N–H and O–H groups in total. The molecule has 4 heteroatoms. The molecule has 1 heterocycles. The van der Waals surface area contributed by atoms with Gasteiger partial charge in [0, 0.05) is 31.3 Å². The van der Waals surface area contributed by atoms with Gasteiger partial charge in [-0.25, -0.2) is 0 Å². The van der Waals surface area contributed by atoms with E-state index in [1.165, 1.54) is 7.11 Å². The third-order valence-electron chi connectivity index (χ3n) is 3.49. The van der Waals surface area contributed by atoms with Gasteiger partial charge in [-0.1, -0.05) is 6.07 Å². The first-order chi connectivity index (χ1) is 8.69. The third-order valence-corrected chi connectivity index (χ3v) is 3.49. The second-order valence-electron chi connectivity index (χ2n) is 4.73. The van der Waals surface area contributed by atoms with Gasteiger partial charge in [-0.2, -0.15) is 0 Å². The van der Waals surface area contributed by atoms with E-state index < -0.39 is 0 Å². The minimum Gasteiger partial charge on any atom is -0.508 e. The van der Waals surface area contributed by atoms with Gasteiger partial charge in [0.2, 0.25) is 0 Å². The number of rotatable bonds is 3. The van der Waals surface area contributed by atoms with Gasteiger partial charge in [0.25, 0.3) is 0 Å². The van der Waals surface area contributed by atoms with Crippen molar-refractivity contribution in [1.29, 1.82) is 0 Å². The lowest BCUT2D eigenvalue weighted by atomic mass is 9.93. The van der Waals surface area contributed by atoms with Crippen LogP contribution in [-0.2, 0) is 9.53 Å². The largest absolute Gasteiger partial charge is 0.508 e. The lowest BCUT2D eigenvalue weighted by molar-refractivity contribution is -0.141. The van der Waals surface area contributed by atoms with Gasteiger partial charge in [-0.3, -0.25) is 4.79 Å². The van der Waals surface area contributed by atoms with Crippen molar-refractivity contribution >= 4 is 11.7 Å². The number of hydrogen-bond acceptors (Lipinski definition) is 4. The smallest absolute Gasteiger partial charge is 0.305 e. The summed E-state index contributed by atoms with van der Waals surface area (Å²) in [4.78, 5) is 13.5. The highest BCUT2D eigenvalue weighted by Gasteiger charge is 2.22. The first-order valence-electron chi connectivity index (χ1n) is 6.30. The molecule has 0 saturated carbocycles. The lowest BCUT2D eigenvalue weighted by Gasteiger charge is -2.33. The predicted molar refractivity (Wildman–Crippen MR) is 69.7 cm³/mol. The second kappa shape index (κ2) is 5.76. The highest BCUT2D eigenvalue weighted by atomic mass is 16.5. The molecule has 0 aromatic heterocycles. The van der Waals surface area contributed by atoms with E-state index in [4.69, 9.17) is 4.74 Å². The molecule has 0 unspecified atom stereocenters. The number of hydrogen-bond donors (Lipinski definition) is 1. The number of phenolic OH excluding ortho intramolecular Hbond substituents is 1. The van der Waals surface area contributed by atoms with E-state index in [-0.39, 0.29) is 5.97 Å². The summed E-state index contributed by atoms with van der Waals surface area (Å²) in [5, 5.41) is 9.46. The maximum absolute atomic E-state index is 11.2. The highest BCUT2D eigenvalue weighted by Crippen LogP contribution is 2.27. The van der Waals surface area contributed by atoms with E-state index in [0.29, 0.717) is 18.1 Å². The Bertz CT molecular complexity index is 411. The van der Waals surface area contributed by atoms with Crippen molar-refractivity contribution in [2.75, 3.05) is 25.1 Å². The van der Waals surface area contributed by atoms with Crippen LogP contribution in [0.1, 0.15) is 19.3 Å². The summed E-state index contributed by atoms with van der Waals surface area (Å²) >= 11 is 0. The maximum atomic E-state index is 11.2. The Kier molecular flexibility index (Phi) is 4.07. The van der Waals surface area contributed by atoms with E-state index >= 15 is 0 Å². The molecule has 18 heavy (non-hydrogen) atoms. The van der Waals surface area contributed by atoms with Gasteiger partial charge < -0.3 is 14.7 Å². The van der Waals surface area contributed by atoms with Gasteiger partial charge in [-0.05, 0) is 30.9 Å². The molecule has 0 bridgehead atoms. The van der Waals surface area contributed by atoms with E-state index in [1.54, 1.807) is 12.1 Å². The number of anilines is 1. The molecule has 1 aliphatic rings. The highest BCUT2D eigenvalue weighted by molar-refractivity contribution is 5.69. The van der Waals surface area contributed by atoms with Crippen LogP contribution >= 0.6 is 0 Å². The number of carbonyl (C=O) groups is 1. The number of aromatic hydroxyl groups is 1. The second-order valence-corrected chi connectivity index (χ2v) is 4.73. The number of benzene rings is 1. The van der Waals surface area contributed by atoms with Gasteiger partial charge in [-0.15, -0.1) is 0 Å². The maximum Gasteiger partial charge on any atom is 0.305 e. The summed E-state index contributed by atoms with van der Waals surface area (Å²) in [7, 11) is 1.43. The van der Waals surface area contributed by atoms with Crippen molar-refractivity contribution in [2.24, 2.45) is 5.92 Å². The van der Waals surface area contributed by atoms with Crippen LogP contribution in [0, 0.1) is 5.92 Å². The molecule has 0 atom stereocenters. The van der Waals surface area contributed by atoms with E-state index in [1.807, 2.05) is 12.1 Å². The topological polar surface area (TPSA) is 49.8 Å². The van der Waals surface area contributed by atoms with Gasteiger partial charge in [0.15, 0.2) is 0 Å². The van der Waals surface area contributed by atoms with Crippen LogP contribution in [0.5, 0.6) is 5.75 Å². The number of carbonyl (C=O) groups excluding carboxylic acids is 1. The molecule has 0 spiro atoms. The normalized spacial score (nSPS) is 16.6. The molecule has 1 aliphatic heterocycles. The summed E-state index contributed by atoms with van der Waals surface area (Å²) < 4.78 is 4.69. The zero-order valence-electron chi connectivity index (χ0n) is 10.6. The number of phenols is 1. The monoisotopic (exact) mass is 249 g/mol. The summed E-state index contributed by atoms with van der Waals surface area (Å²) in [5.41, 5.74) is 1.05. The molecule has 0 radical (unpaired) electrons. The van der Waals surface area contributed by atoms with Crippen LogP contribution in [-0.4, -0.2) is 31.3 Å². The van der Waals surface area contributed by atoms with Gasteiger partial charge in [0.05, 0.1) is 7.11 Å². The molecule has 4 nitrogen and oxygen atoms in total. The van der Waals surface area contributed by atoms with Gasteiger partial charge in [0.1, 0.15) is 5.75 Å². The van der Waals surface area contributed by atoms with Crippen molar-refractivity contribution in [3.63, 3.8) is 0 Å². The van der Waals surface area contributed by atoms with Crippen molar-refractivity contribution in [3.05, 3.63) is 24.3 Å². The fourth-order valence-corrected chi connectivity index (χ4v) is 2.40. The number of esters is 1. The van der Waals surface area contributed by atoms with Gasteiger partial charge >= 0.3 is 5.97 Å². The van der Waals surface area contributed by atoms with Crippen LogP contribution in [0.25, 0.3) is 0 Å². The van der Waals surface area contributed by atoms with Crippen LogP contribution in [0.15, 0.2) is 24.3 Å². The summed E-state index contributed by atoms with van der Waals surface area (Å²) in [6, 6.07) is 7.31. The average Bonchev–Trinajstić information content (AvgIpc) is 2.39. The lowest BCUT2D eigenvalue weighted by Crippen LogP contribution is -2.34. The molecule has 0 amide bonds. The average molecular weight is 249 g/mol. The molecule has 2 rings (SSSR count). The zero-order chi connectivity index (χ0) is 13.0. The number of piperidine rings is 1. The minimum atomic E-state index is -0.120. The predicted octanol–water partition coefficient (Wildman–Crippen LogP) is 2.17. The summed E-state index contributed by atoms with van der Waals surface area (Å²) in [6.07, 6.45) is 2.50. The Balaban J connectivity index is 1.88. The molecule has 1 aromatic carbocycles. The molecule has 1 fully saturated rings. The summed E-state index contributed by atoms with van der Waals surface area (Å²) in [5.74, 6) is 0.598. The Morgan fingerprint density at radius 3 is 2.78 bits per heavy atom. The number of ether oxygens (including phenoxy) is 1. The number of methoxy groups -OCH3 is 1. The van der Waals surface area contributed by atoms with Crippen molar-refractivity contribution in [1.82, 2.24) is 0 Å². The standard InChI is InChI=1S/C14H19NO3/c1-18-14(17)9-11-5-7-15(8-6-11)12-3-2-4-13(16)10-12/h2-4,10-11,16H,5-9H2,1H3. The van der Waals surface area contributed by atoms with Crippen molar-refractivity contribution < 1.29 is 14.6 Å². The van der Waals surface area contributed by atoms with E-state index in [0.717, 1.165) is 31.6 Å². The van der Waals surface area contributed by atoms with E-state index in [9.17, 15) is 9.90 Å². The molecular weight excluding hydrogens is 230 g/mol. The van der Waals surface area contributed by atoms with Crippen LogP contribution in [0.4, 0.5) is 5.69 Å². The van der Waals surface area contributed by atoms with Crippen LogP contribution in [0.3, 0.4) is 0 Å². The third kappa shape index (κ3) is 3.15. The Hall–Kier alpha value is -1.71. The fourth-order valence-electron chi connectivity index (χ4n) is 2.40. The molecular formula is C14H19NO3. The van der Waals surface area contributed by atoms with E-state index in [2.05, 4.69) is 4.90 Å². The minimum absolute atomic E-state index is 0.120. The summed E-state index contributed by atoms with van der Waals surface area (Å²) in [6.45, 7) is 1.84. The molecule has 98 valence electrons. The SMILES string of the molecule is COC(=O)CC1CCN(c2cccc(O)c2)CC1. The zero-order valence-corrected chi connectivity index (χ0v) is 10.6. The van der Waals surface area contributed by atoms with Crippen LogP contribution in [0.2, 0.25) is 0 Å². The molecule has 1 saturated heterocycles.